The number of para-hydroxylation sites is 1. The van der Waals surface area contributed by atoms with E-state index in [-0.39, 0.29) is 10.3 Å². The summed E-state index contributed by atoms with van der Waals surface area (Å²) in [5, 5.41) is 0. The predicted molar refractivity (Wildman–Crippen MR) is 141 cm³/mol. The van der Waals surface area contributed by atoms with Gasteiger partial charge in [0.05, 0.1) is 20.8 Å². The van der Waals surface area contributed by atoms with Crippen molar-refractivity contribution in [1.82, 2.24) is 9.21 Å². The topological polar surface area (TPSA) is 68.3 Å². The number of hydrogen-bond acceptors (Lipinski definition) is 6. The van der Waals surface area contributed by atoms with Crippen LogP contribution < -0.4 is 14.2 Å². The number of methoxy groups -OCH3 is 2. The number of likely N-dealkylation sites (tertiary alicyclic amines) is 1. The molecule has 0 amide bonds. The van der Waals surface area contributed by atoms with Crippen molar-refractivity contribution < 1.29 is 22.6 Å². The summed E-state index contributed by atoms with van der Waals surface area (Å²) in [5.41, 5.74) is 1.46. The maximum absolute atomic E-state index is 13.5. The van der Waals surface area contributed by atoms with Crippen LogP contribution in [0.2, 0.25) is 0 Å². The van der Waals surface area contributed by atoms with Crippen molar-refractivity contribution in [3.05, 3.63) is 48.0 Å². The first-order chi connectivity index (χ1) is 17.3. The molecule has 0 aliphatic carbocycles. The van der Waals surface area contributed by atoms with Crippen LogP contribution in [-0.2, 0) is 16.6 Å². The minimum Gasteiger partial charge on any atom is -0.497 e. The van der Waals surface area contributed by atoms with Gasteiger partial charge < -0.3 is 14.2 Å². The van der Waals surface area contributed by atoms with E-state index >= 15 is 0 Å². The molecule has 0 aromatic heterocycles. The highest BCUT2D eigenvalue weighted by molar-refractivity contribution is 7.89. The molecule has 4 rings (SSSR count). The molecular formula is C28H40N2O5S. The van der Waals surface area contributed by atoms with Gasteiger partial charge in [0, 0.05) is 31.3 Å². The molecule has 0 saturated carbocycles. The van der Waals surface area contributed by atoms with Crippen molar-refractivity contribution >= 4 is 10.0 Å². The lowest BCUT2D eigenvalue weighted by Crippen LogP contribution is -2.48. The maximum atomic E-state index is 13.5. The molecule has 2 aliphatic rings. The van der Waals surface area contributed by atoms with Crippen LogP contribution in [0.4, 0.5) is 0 Å². The summed E-state index contributed by atoms with van der Waals surface area (Å²) in [4.78, 5) is 2.68. The SMILES string of the molecule is COc1ccc(OC)c(S(=O)(=O)N2CCC3(CCN(Cc4ccccc4OCC(C)C)CC3)CC2)c1. The Kier molecular flexibility index (Phi) is 8.48. The Hall–Kier alpha value is -2.29. The highest BCUT2D eigenvalue weighted by Crippen LogP contribution is 2.43. The van der Waals surface area contributed by atoms with E-state index < -0.39 is 10.0 Å². The van der Waals surface area contributed by atoms with Crippen molar-refractivity contribution in [2.45, 2.75) is 51.0 Å². The fraction of sp³-hybridized carbons (Fsp3) is 0.571. The molecule has 198 valence electrons. The zero-order chi connectivity index (χ0) is 25.8. The number of ether oxygens (including phenoxy) is 3. The van der Waals surface area contributed by atoms with Crippen LogP contribution in [0.15, 0.2) is 47.4 Å². The molecule has 0 N–H and O–H groups in total. The number of hydrogen-bond donors (Lipinski definition) is 0. The first kappa shape index (κ1) is 26.8. The minimum atomic E-state index is -3.66. The molecule has 2 aromatic rings. The molecule has 0 bridgehead atoms. The Morgan fingerprint density at radius 1 is 0.889 bits per heavy atom. The highest BCUT2D eigenvalue weighted by atomic mass is 32.2. The van der Waals surface area contributed by atoms with Crippen LogP contribution in [0.3, 0.4) is 0 Å². The highest BCUT2D eigenvalue weighted by Gasteiger charge is 2.41. The van der Waals surface area contributed by atoms with Gasteiger partial charge in [-0.3, -0.25) is 4.90 Å². The summed E-state index contributed by atoms with van der Waals surface area (Å²) >= 11 is 0. The van der Waals surface area contributed by atoms with E-state index in [0.717, 1.165) is 57.7 Å². The van der Waals surface area contributed by atoms with Gasteiger partial charge in [-0.25, -0.2) is 8.42 Å². The molecule has 0 unspecified atom stereocenters. The summed E-state index contributed by atoms with van der Waals surface area (Å²) in [6, 6.07) is 13.3. The van der Waals surface area contributed by atoms with E-state index in [4.69, 9.17) is 14.2 Å². The molecule has 36 heavy (non-hydrogen) atoms. The second-order valence-corrected chi connectivity index (χ2v) is 12.4. The standard InChI is InChI=1S/C28H40N2O5S/c1-22(2)21-35-25-8-6-5-7-23(25)20-29-15-11-28(12-16-29)13-17-30(18-14-28)36(31,32)27-19-24(33-3)9-10-26(27)34-4/h5-10,19,22H,11-18,20-21H2,1-4H3. The second-order valence-electron chi connectivity index (χ2n) is 10.5. The van der Waals surface area contributed by atoms with E-state index in [1.54, 1.807) is 22.5 Å². The average molecular weight is 517 g/mol. The van der Waals surface area contributed by atoms with Gasteiger partial charge in [0.25, 0.3) is 0 Å². The Morgan fingerprint density at radius 3 is 2.19 bits per heavy atom. The van der Waals surface area contributed by atoms with Crippen LogP contribution in [0.25, 0.3) is 0 Å². The van der Waals surface area contributed by atoms with Crippen LogP contribution in [0.1, 0.15) is 45.1 Å². The third-order valence-electron chi connectivity index (χ3n) is 7.63. The first-order valence-corrected chi connectivity index (χ1v) is 14.4. The normalized spacial score (nSPS) is 18.9. The van der Waals surface area contributed by atoms with Crippen molar-refractivity contribution in [2.75, 3.05) is 47.0 Å². The van der Waals surface area contributed by atoms with Gasteiger partial charge in [-0.15, -0.1) is 0 Å². The number of piperidine rings is 2. The fourth-order valence-corrected chi connectivity index (χ4v) is 6.90. The summed E-state index contributed by atoms with van der Waals surface area (Å²) < 4.78 is 45.2. The van der Waals surface area contributed by atoms with Crippen molar-refractivity contribution in [2.24, 2.45) is 11.3 Å². The summed E-state index contributed by atoms with van der Waals surface area (Å²) in [7, 11) is -0.628. The Labute approximate surface area is 216 Å². The molecule has 2 aliphatic heterocycles. The Morgan fingerprint density at radius 2 is 1.56 bits per heavy atom. The lowest BCUT2D eigenvalue weighted by molar-refractivity contribution is 0.0525. The first-order valence-electron chi connectivity index (χ1n) is 12.9. The van der Waals surface area contributed by atoms with Crippen molar-refractivity contribution in [1.29, 1.82) is 0 Å². The fourth-order valence-electron chi connectivity index (χ4n) is 5.28. The zero-order valence-corrected chi connectivity index (χ0v) is 22.9. The van der Waals surface area contributed by atoms with Crippen LogP contribution >= 0.6 is 0 Å². The molecule has 2 saturated heterocycles. The van der Waals surface area contributed by atoms with Gasteiger partial charge in [-0.1, -0.05) is 32.0 Å². The third kappa shape index (κ3) is 5.98. The quantitative estimate of drug-likeness (QED) is 0.477. The van der Waals surface area contributed by atoms with Crippen LogP contribution in [0.5, 0.6) is 17.2 Å². The molecular weight excluding hydrogens is 476 g/mol. The molecule has 2 aromatic carbocycles. The van der Waals surface area contributed by atoms with E-state index in [2.05, 4.69) is 36.9 Å². The van der Waals surface area contributed by atoms with Gasteiger partial charge in [-0.2, -0.15) is 4.31 Å². The van der Waals surface area contributed by atoms with Gasteiger partial charge in [0.15, 0.2) is 0 Å². The van der Waals surface area contributed by atoms with Gasteiger partial charge in [-0.05, 0) is 68.3 Å². The van der Waals surface area contributed by atoms with Gasteiger partial charge in [0.2, 0.25) is 10.0 Å². The van der Waals surface area contributed by atoms with E-state index in [0.29, 0.717) is 30.5 Å². The van der Waals surface area contributed by atoms with Crippen molar-refractivity contribution in [3.63, 3.8) is 0 Å². The maximum Gasteiger partial charge on any atom is 0.246 e. The zero-order valence-electron chi connectivity index (χ0n) is 22.0. The van der Waals surface area contributed by atoms with Crippen LogP contribution in [-0.4, -0.2) is 64.6 Å². The van der Waals surface area contributed by atoms with Gasteiger partial charge in [0.1, 0.15) is 22.1 Å². The number of sulfonamides is 1. The largest absolute Gasteiger partial charge is 0.497 e. The molecule has 2 heterocycles. The molecule has 0 radical (unpaired) electrons. The number of benzene rings is 2. The Bertz CT molecular complexity index is 1120. The molecule has 0 atom stereocenters. The van der Waals surface area contributed by atoms with Gasteiger partial charge >= 0.3 is 0 Å². The Balaban J connectivity index is 1.35. The molecule has 8 heteroatoms. The number of nitrogens with zero attached hydrogens (tertiary/aromatic N) is 2. The van der Waals surface area contributed by atoms with E-state index in [9.17, 15) is 8.42 Å². The van der Waals surface area contributed by atoms with E-state index in [1.807, 2.05) is 6.07 Å². The number of rotatable bonds is 9. The lowest BCUT2D eigenvalue weighted by Gasteiger charge is -2.46. The van der Waals surface area contributed by atoms with Crippen molar-refractivity contribution in [3.8, 4) is 17.2 Å². The average Bonchev–Trinajstić information content (AvgIpc) is 2.89. The summed E-state index contributed by atoms with van der Waals surface area (Å²) in [6.07, 6.45) is 3.97. The second kappa shape index (κ2) is 11.4. The monoisotopic (exact) mass is 516 g/mol. The lowest BCUT2D eigenvalue weighted by atomic mass is 9.71. The molecule has 1 spiro atoms. The molecule has 7 nitrogen and oxygen atoms in total. The summed E-state index contributed by atoms with van der Waals surface area (Å²) in [5.74, 6) is 2.33. The summed E-state index contributed by atoms with van der Waals surface area (Å²) in [6.45, 7) is 9.06. The van der Waals surface area contributed by atoms with Crippen LogP contribution in [0, 0.1) is 11.3 Å². The predicted octanol–water partition coefficient (Wildman–Crippen LogP) is 4.81. The smallest absolute Gasteiger partial charge is 0.246 e. The van der Waals surface area contributed by atoms with E-state index in [1.165, 1.54) is 19.8 Å². The third-order valence-corrected chi connectivity index (χ3v) is 9.55. The minimum absolute atomic E-state index is 0.175. The molecule has 2 fully saturated rings.